The number of rotatable bonds is 1. The lowest BCUT2D eigenvalue weighted by molar-refractivity contribution is 0.0290. The number of carbonyl (C=O) groups is 1. The quantitative estimate of drug-likeness (QED) is 0.864. The Morgan fingerprint density at radius 1 is 1.20 bits per heavy atom. The lowest BCUT2D eigenvalue weighted by Crippen LogP contribution is -2.47. The Bertz CT molecular complexity index is 501. The van der Waals surface area contributed by atoms with Gasteiger partial charge in [0.05, 0.1) is 11.0 Å². The van der Waals surface area contributed by atoms with Crippen molar-refractivity contribution in [2.45, 2.75) is 69.6 Å². The van der Waals surface area contributed by atoms with Crippen molar-refractivity contribution in [2.75, 3.05) is 0 Å². The van der Waals surface area contributed by atoms with E-state index in [0.717, 1.165) is 43.4 Å². The van der Waals surface area contributed by atoms with E-state index in [2.05, 4.69) is 11.0 Å². The fraction of sp³-hybridized carbons (Fsp3) is 0.688. The Morgan fingerprint density at radius 2 is 1.90 bits per heavy atom. The molecule has 3 heterocycles. The highest BCUT2D eigenvalue weighted by Crippen LogP contribution is 2.38. The molecule has 0 saturated carbocycles. The molecule has 1 N–H and O–H groups in total. The minimum absolute atomic E-state index is 0.201. The zero-order chi connectivity index (χ0) is 13.7. The van der Waals surface area contributed by atoms with Crippen LogP contribution in [0.4, 0.5) is 0 Å². The summed E-state index contributed by atoms with van der Waals surface area (Å²) in [5.41, 5.74) is 1.41. The average Bonchev–Trinajstić information content (AvgIpc) is 2.98. The molecule has 2 aliphatic heterocycles. The van der Waals surface area contributed by atoms with E-state index in [1.165, 1.54) is 23.3 Å². The van der Waals surface area contributed by atoms with Crippen molar-refractivity contribution < 1.29 is 9.90 Å². The molecule has 2 atom stereocenters. The van der Waals surface area contributed by atoms with Gasteiger partial charge in [0, 0.05) is 17.0 Å². The van der Waals surface area contributed by atoms with E-state index in [1.807, 2.05) is 0 Å². The van der Waals surface area contributed by atoms with Crippen LogP contribution in [0.5, 0.6) is 0 Å². The molecular weight excluding hydrogens is 270 g/mol. The topological polar surface area (TPSA) is 40.5 Å². The number of aliphatic hydroxyl groups is 1. The van der Waals surface area contributed by atoms with Crippen LogP contribution >= 0.6 is 11.3 Å². The fourth-order valence-corrected chi connectivity index (χ4v) is 5.40. The number of hydrogen-bond donors (Lipinski definition) is 1. The number of hydrogen-bond acceptors (Lipinski definition) is 3. The van der Waals surface area contributed by atoms with Crippen LogP contribution in [0.25, 0.3) is 0 Å². The van der Waals surface area contributed by atoms with Gasteiger partial charge in [0.1, 0.15) is 0 Å². The Balaban J connectivity index is 1.60. The van der Waals surface area contributed by atoms with Gasteiger partial charge in [0.25, 0.3) is 5.91 Å². The average molecular weight is 291 g/mol. The summed E-state index contributed by atoms with van der Waals surface area (Å²) in [6.07, 6.45) is 8.30. The number of amides is 1. The van der Waals surface area contributed by atoms with E-state index in [0.29, 0.717) is 0 Å². The van der Waals surface area contributed by atoms with Crippen molar-refractivity contribution in [3.63, 3.8) is 0 Å². The van der Waals surface area contributed by atoms with E-state index in [-0.39, 0.29) is 24.1 Å². The van der Waals surface area contributed by atoms with Crippen molar-refractivity contribution >= 4 is 17.2 Å². The predicted octanol–water partition coefficient (Wildman–Crippen LogP) is 2.75. The Labute approximate surface area is 123 Å². The summed E-state index contributed by atoms with van der Waals surface area (Å²) in [5.74, 6) is 0.226. The number of thiophene rings is 1. The predicted molar refractivity (Wildman–Crippen MR) is 79.2 cm³/mol. The maximum atomic E-state index is 12.8. The monoisotopic (exact) mass is 291 g/mol. The molecule has 4 heteroatoms. The maximum Gasteiger partial charge on any atom is 0.264 e. The highest BCUT2D eigenvalue weighted by molar-refractivity contribution is 7.14. The molecule has 1 aromatic heterocycles. The summed E-state index contributed by atoms with van der Waals surface area (Å²) in [6, 6.07) is 2.69. The molecule has 0 aromatic carbocycles. The van der Waals surface area contributed by atoms with Gasteiger partial charge in [-0.25, -0.2) is 0 Å². The molecule has 1 amide bonds. The molecular formula is C16H21NO2S. The second kappa shape index (κ2) is 4.85. The smallest absolute Gasteiger partial charge is 0.264 e. The second-order valence-corrected chi connectivity index (χ2v) is 7.63. The Kier molecular flexibility index (Phi) is 3.11. The largest absolute Gasteiger partial charge is 0.393 e. The number of nitrogens with zero attached hydrogens (tertiary/aromatic N) is 1. The number of aryl methyl sites for hydroxylation is 2. The zero-order valence-corrected chi connectivity index (χ0v) is 12.5. The number of carbonyl (C=O) groups excluding carboxylic acids is 1. The van der Waals surface area contributed by atoms with Gasteiger partial charge in [-0.1, -0.05) is 0 Å². The first-order valence-electron chi connectivity index (χ1n) is 7.84. The summed E-state index contributed by atoms with van der Waals surface area (Å²) in [7, 11) is 0. The molecule has 2 unspecified atom stereocenters. The van der Waals surface area contributed by atoms with E-state index in [4.69, 9.17) is 0 Å². The van der Waals surface area contributed by atoms with E-state index in [1.54, 1.807) is 11.3 Å². The normalized spacial score (nSPS) is 32.2. The fourth-order valence-electron chi connectivity index (χ4n) is 4.20. The SMILES string of the molecule is O=C(c1cc2c(s1)CCCC2)N1C2CCC1CC(O)C2. The van der Waals surface area contributed by atoms with E-state index in [9.17, 15) is 9.90 Å². The second-order valence-electron chi connectivity index (χ2n) is 6.49. The van der Waals surface area contributed by atoms with Gasteiger partial charge in [-0.15, -0.1) is 11.3 Å². The molecule has 3 nitrogen and oxygen atoms in total. The van der Waals surface area contributed by atoms with Crippen molar-refractivity contribution in [2.24, 2.45) is 0 Å². The third-order valence-electron chi connectivity index (χ3n) is 5.15. The molecule has 0 spiro atoms. The van der Waals surface area contributed by atoms with Crippen molar-refractivity contribution in [3.8, 4) is 0 Å². The highest BCUT2D eigenvalue weighted by atomic mass is 32.1. The molecule has 0 radical (unpaired) electrons. The molecule has 2 saturated heterocycles. The van der Waals surface area contributed by atoms with Gasteiger partial charge in [-0.3, -0.25) is 4.79 Å². The van der Waals surface area contributed by atoms with Gasteiger partial charge in [-0.05, 0) is 63.0 Å². The lowest BCUT2D eigenvalue weighted by atomic mass is 9.98. The first-order valence-corrected chi connectivity index (χ1v) is 8.66. The zero-order valence-electron chi connectivity index (χ0n) is 11.7. The van der Waals surface area contributed by atoms with Gasteiger partial charge in [0.15, 0.2) is 0 Å². The molecule has 2 fully saturated rings. The third-order valence-corrected chi connectivity index (χ3v) is 6.38. The standard InChI is InChI=1S/C16H21NO2S/c18-13-8-11-5-6-12(9-13)17(11)16(19)15-7-10-3-1-2-4-14(10)20-15/h7,11-13,18H,1-6,8-9H2. The van der Waals surface area contributed by atoms with Crippen LogP contribution in [0.15, 0.2) is 6.07 Å². The lowest BCUT2D eigenvalue weighted by Gasteiger charge is -2.36. The first-order chi connectivity index (χ1) is 9.72. The Morgan fingerprint density at radius 3 is 2.60 bits per heavy atom. The molecule has 4 rings (SSSR count). The molecule has 20 heavy (non-hydrogen) atoms. The summed E-state index contributed by atoms with van der Waals surface area (Å²) >= 11 is 1.72. The summed E-state index contributed by atoms with van der Waals surface area (Å²) in [4.78, 5) is 17.3. The third kappa shape index (κ3) is 2.01. The Hall–Kier alpha value is -0.870. The molecule has 3 aliphatic rings. The van der Waals surface area contributed by atoms with Crippen molar-refractivity contribution in [1.82, 2.24) is 4.90 Å². The van der Waals surface area contributed by atoms with Crippen LogP contribution in [-0.2, 0) is 12.8 Å². The maximum absolute atomic E-state index is 12.8. The summed E-state index contributed by atoms with van der Waals surface area (Å²) < 4.78 is 0. The van der Waals surface area contributed by atoms with Gasteiger partial charge >= 0.3 is 0 Å². The minimum Gasteiger partial charge on any atom is -0.393 e. The number of piperidine rings is 1. The van der Waals surface area contributed by atoms with Crippen LogP contribution in [0.1, 0.15) is 58.6 Å². The van der Waals surface area contributed by atoms with E-state index >= 15 is 0 Å². The molecule has 1 aliphatic carbocycles. The summed E-state index contributed by atoms with van der Waals surface area (Å²) in [6.45, 7) is 0. The number of fused-ring (bicyclic) bond motifs is 3. The van der Waals surface area contributed by atoms with Gasteiger partial charge in [-0.2, -0.15) is 0 Å². The minimum atomic E-state index is -0.201. The van der Waals surface area contributed by atoms with Crippen LogP contribution in [0, 0.1) is 0 Å². The van der Waals surface area contributed by atoms with Crippen LogP contribution in [0.2, 0.25) is 0 Å². The molecule has 2 bridgehead atoms. The van der Waals surface area contributed by atoms with Crippen molar-refractivity contribution in [1.29, 1.82) is 0 Å². The molecule has 108 valence electrons. The van der Waals surface area contributed by atoms with Crippen LogP contribution < -0.4 is 0 Å². The van der Waals surface area contributed by atoms with Crippen LogP contribution in [0.3, 0.4) is 0 Å². The summed E-state index contributed by atoms with van der Waals surface area (Å²) in [5, 5.41) is 9.86. The van der Waals surface area contributed by atoms with Crippen LogP contribution in [-0.4, -0.2) is 34.1 Å². The first kappa shape index (κ1) is 12.8. The molecule has 1 aromatic rings. The number of aliphatic hydroxyl groups excluding tert-OH is 1. The van der Waals surface area contributed by atoms with Crippen molar-refractivity contribution in [3.05, 3.63) is 21.4 Å². The highest BCUT2D eigenvalue weighted by Gasteiger charge is 2.43. The van der Waals surface area contributed by atoms with Gasteiger partial charge in [0.2, 0.25) is 0 Å². The van der Waals surface area contributed by atoms with Gasteiger partial charge < -0.3 is 10.0 Å². The van der Waals surface area contributed by atoms with E-state index < -0.39 is 0 Å².